The summed E-state index contributed by atoms with van der Waals surface area (Å²) in [5, 5.41) is 0. The molecule has 7 heteroatoms. The summed E-state index contributed by atoms with van der Waals surface area (Å²) in [4.78, 5) is 32.8. The van der Waals surface area contributed by atoms with Crippen LogP contribution in [0.4, 0.5) is 0 Å². The zero-order chi connectivity index (χ0) is 17.4. The second-order valence-electron chi connectivity index (χ2n) is 7.64. The maximum Gasteiger partial charge on any atom is 0.276 e. The number of nitrogens with zero attached hydrogens (tertiary/aromatic N) is 3. The summed E-state index contributed by atoms with van der Waals surface area (Å²) >= 11 is 0. The van der Waals surface area contributed by atoms with Gasteiger partial charge in [0.25, 0.3) is 5.91 Å². The normalized spacial score (nSPS) is 26.0. The van der Waals surface area contributed by atoms with Crippen LogP contribution in [-0.4, -0.2) is 65.5 Å². The van der Waals surface area contributed by atoms with E-state index in [4.69, 9.17) is 9.15 Å². The van der Waals surface area contributed by atoms with Gasteiger partial charge in [0.15, 0.2) is 12.1 Å². The van der Waals surface area contributed by atoms with Crippen LogP contribution in [0.3, 0.4) is 0 Å². The molecule has 0 aliphatic carbocycles. The Morgan fingerprint density at radius 1 is 1.40 bits per heavy atom. The van der Waals surface area contributed by atoms with Crippen molar-refractivity contribution < 1.29 is 18.7 Å². The molecule has 3 aliphatic rings. The summed E-state index contributed by atoms with van der Waals surface area (Å²) in [6.45, 7) is 5.44. The van der Waals surface area contributed by atoms with Crippen LogP contribution in [0.2, 0.25) is 0 Å². The Labute approximate surface area is 147 Å². The molecule has 3 fully saturated rings. The summed E-state index contributed by atoms with van der Waals surface area (Å²) in [6, 6.07) is 0. The van der Waals surface area contributed by atoms with Crippen molar-refractivity contribution in [1.82, 2.24) is 14.8 Å². The largest absolute Gasteiger partial charge is 0.448 e. The summed E-state index contributed by atoms with van der Waals surface area (Å²) in [5.41, 5.74) is 0.421. The molecule has 1 unspecified atom stereocenters. The number of likely N-dealkylation sites (tertiary alicyclic amines) is 2. The lowest BCUT2D eigenvalue weighted by molar-refractivity contribution is -0.129. The molecule has 7 nitrogen and oxygen atoms in total. The first kappa shape index (κ1) is 16.6. The third kappa shape index (κ3) is 3.17. The molecule has 1 aromatic heterocycles. The lowest BCUT2D eigenvalue weighted by Gasteiger charge is -2.38. The fourth-order valence-corrected chi connectivity index (χ4v) is 4.36. The van der Waals surface area contributed by atoms with Crippen molar-refractivity contribution in [3.63, 3.8) is 0 Å². The molecule has 2 amide bonds. The quantitative estimate of drug-likeness (QED) is 0.830. The van der Waals surface area contributed by atoms with Gasteiger partial charge in [-0.2, -0.15) is 0 Å². The lowest BCUT2D eigenvalue weighted by atomic mass is 9.77. The second kappa shape index (κ2) is 6.44. The lowest BCUT2D eigenvalue weighted by Crippen LogP contribution is -2.45. The van der Waals surface area contributed by atoms with E-state index in [-0.39, 0.29) is 23.3 Å². The average molecular weight is 347 g/mol. The number of piperidine rings is 1. The number of carbonyl (C=O) groups is 2. The summed E-state index contributed by atoms with van der Waals surface area (Å²) in [7, 11) is 0. The van der Waals surface area contributed by atoms with Crippen LogP contribution in [0.15, 0.2) is 10.8 Å². The first-order valence-electron chi connectivity index (χ1n) is 9.15. The molecular weight excluding hydrogens is 322 g/mol. The third-order valence-corrected chi connectivity index (χ3v) is 5.91. The Morgan fingerprint density at radius 2 is 2.20 bits per heavy atom. The molecule has 1 spiro atoms. The standard InChI is InChI=1S/C18H25N3O4/c1-13-16(19-12-25-13)17(23)20-6-4-18(5-7-20)9-15(22)21(11-18)10-14-3-2-8-24-14/h12,14H,2-11H2,1H3. The second-order valence-corrected chi connectivity index (χ2v) is 7.64. The Morgan fingerprint density at radius 3 is 2.84 bits per heavy atom. The van der Waals surface area contributed by atoms with Gasteiger partial charge in [-0.1, -0.05) is 0 Å². The van der Waals surface area contributed by atoms with Crippen molar-refractivity contribution in [3.05, 3.63) is 17.8 Å². The summed E-state index contributed by atoms with van der Waals surface area (Å²) in [5.74, 6) is 0.730. The molecule has 136 valence electrons. The van der Waals surface area contributed by atoms with Gasteiger partial charge >= 0.3 is 0 Å². The van der Waals surface area contributed by atoms with Gasteiger partial charge in [0.2, 0.25) is 5.91 Å². The van der Waals surface area contributed by atoms with Gasteiger partial charge in [-0.3, -0.25) is 9.59 Å². The van der Waals surface area contributed by atoms with E-state index in [1.54, 1.807) is 6.92 Å². The monoisotopic (exact) mass is 347 g/mol. The van der Waals surface area contributed by atoms with Crippen LogP contribution in [0.5, 0.6) is 0 Å². The minimum absolute atomic E-state index is 0.0192. The molecule has 0 bridgehead atoms. The highest BCUT2D eigenvalue weighted by molar-refractivity contribution is 5.93. The molecule has 3 aliphatic heterocycles. The van der Waals surface area contributed by atoms with Crippen molar-refractivity contribution in [2.75, 3.05) is 32.8 Å². The van der Waals surface area contributed by atoms with Crippen LogP contribution >= 0.6 is 0 Å². The number of aromatic nitrogens is 1. The Hall–Kier alpha value is -1.89. The number of hydrogen-bond acceptors (Lipinski definition) is 5. The highest BCUT2D eigenvalue weighted by Crippen LogP contribution is 2.41. The summed E-state index contributed by atoms with van der Waals surface area (Å²) < 4.78 is 10.8. The number of oxazole rings is 1. The van der Waals surface area contributed by atoms with Gasteiger partial charge in [0.05, 0.1) is 6.10 Å². The van der Waals surface area contributed by atoms with Crippen molar-refractivity contribution in [1.29, 1.82) is 0 Å². The van der Waals surface area contributed by atoms with E-state index in [9.17, 15) is 9.59 Å². The van der Waals surface area contributed by atoms with Crippen molar-refractivity contribution >= 4 is 11.8 Å². The Balaban J connectivity index is 1.35. The van der Waals surface area contributed by atoms with Crippen molar-refractivity contribution in [2.24, 2.45) is 5.41 Å². The molecular formula is C18H25N3O4. The minimum atomic E-state index is -0.0679. The minimum Gasteiger partial charge on any atom is -0.448 e. The number of amides is 2. The van der Waals surface area contributed by atoms with Gasteiger partial charge in [0.1, 0.15) is 5.76 Å². The number of rotatable bonds is 3. The molecule has 4 heterocycles. The van der Waals surface area contributed by atoms with Crippen molar-refractivity contribution in [2.45, 2.75) is 45.1 Å². The molecule has 3 saturated heterocycles. The molecule has 0 aromatic carbocycles. The van der Waals surface area contributed by atoms with Gasteiger partial charge in [-0.05, 0) is 32.6 Å². The van der Waals surface area contributed by atoms with Gasteiger partial charge in [0, 0.05) is 44.6 Å². The molecule has 1 atom stereocenters. The van der Waals surface area contributed by atoms with Crippen LogP contribution < -0.4 is 0 Å². The summed E-state index contributed by atoms with van der Waals surface area (Å²) in [6.07, 6.45) is 5.99. The van der Waals surface area contributed by atoms with Crippen LogP contribution in [0, 0.1) is 12.3 Å². The first-order valence-corrected chi connectivity index (χ1v) is 9.15. The van der Waals surface area contributed by atoms with Crippen molar-refractivity contribution in [3.8, 4) is 0 Å². The number of carbonyl (C=O) groups excluding carboxylic acids is 2. The maximum atomic E-state index is 12.6. The fraction of sp³-hybridized carbons (Fsp3) is 0.722. The number of hydrogen-bond donors (Lipinski definition) is 0. The topological polar surface area (TPSA) is 75.9 Å². The Kier molecular flexibility index (Phi) is 4.27. The zero-order valence-corrected chi connectivity index (χ0v) is 14.7. The van der Waals surface area contributed by atoms with E-state index in [0.29, 0.717) is 31.0 Å². The van der Waals surface area contributed by atoms with Gasteiger partial charge < -0.3 is 19.0 Å². The highest BCUT2D eigenvalue weighted by Gasteiger charge is 2.46. The third-order valence-electron chi connectivity index (χ3n) is 5.91. The van der Waals surface area contributed by atoms with E-state index in [0.717, 1.165) is 45.4 Å². The van der Waals surface area contributed by atoms with E-state index < -0.39 is 0 Å². The number of ether oxygens (including phenoxy) is 1. The SMILES string of the molecule is Cc1ocnc1C(=O)N1CCC2(CC1)CC(=O)N(CC1CCCO1)C2. The van der Waals surface area contributed by atoms with Crippen LogP contribution in [-0.2, 0) is 9.53 Å². The van der Waals surface area contributed by atoms with Gasteiger partial charge in [-0.25, -0.2) is 4.98 Å². The predicted octanol–water partition coefficient (Wildman–Crippen LogP) is 1.62. The van der Waals surface area contributed by atoms with Gasteiger partial charge in [-0.15, -0.1) is 0 Å². The van der Waals surface area contributed by atoms with E-state index in [2.05, 4.69) is 4.98 Å². The van der Waals surface area contributed by atoms with Crippen LogP contribution in [0.1, 0.15) is 48.4 Å². The number of aryl methyl sites for hydroxylation is 1. The zero-order valence-electron chi connectivity index (χ0n) is 14.7. The maximum absolute atomic E-state index is 12.6. The van der Waals surface area contributed by atoms with E-state index in [1.165, 1.54) is 6.39 Å². The molecule has 25 heavy (non-hydrogen) atoms. The molecule has 1 aromatic rings. The van der Waals surface area contributed by atoms with E-state index in [1.807, 2.05) is 9.80 Å². The van der Waals surface area contributed by atoms with E-state index >= 15 is 0 Å². The molecule has 0 radical (unpaired) electrons. The highest BCUT2D eigenvalue weighted by atomic mass is 16.5. The molecule has 0 saturated carbocycles. The smallest absolute Gasteiger partial charge is 0.276 e. The molecule has 4 rings (SSSR count). The predicted molar refractivity (Wildman–Crippen MR) is 89.0 cm³/mol. The Bertz CT molecular complexity index is 657. The fourth-order valence-electron chi connectivity index (χ4n) is 4.36. The average Bonchev–Trinajstić information content (AvgIpc) is 3.31. The molecule has 0 N–H and O–H groups in total. The van der Waals surface area contributed by atoms with Crippen LogP contribution in [0.25, 0.3) is 0 Å². The first-order chi connectivity index (χ1) is 12.1.